The lowest BCUT2D eigenvalue weighted by atomic mass is 9.87. The molecule has 0 unspecified atom stereocenters. The number of non-ortho nitro benzene ring substituents is 1. The Morgan fingerprint density at radius 1 is 1.11 bits per heavy atom. The van der Waals surface area contributed by atoms with Crippen LogP contribution in [-0.2, 0) is 11.8 Å². The SMILES string of the molecule is Cn1cc([C@H](CC(=O)N2CCCC2)c2ccc([N+](=O)[O-])cc2)c2ccccc21. The molecule has 1 aliphatic heterocycles. The molecule has 144 valence electrons. The molecule has 0 bridgehead atoms. The number of nitro benzene ring substituents is 1. The second-order valence-corrected chi connectivity index (χ2v) is 7.41. The number of carbonyl (C=O) groups excluding carboxylic acids is 1. The first-order chi connectivity index (χ1) is 13.5. The number of benzene rings is 2. The molecule has 0 saturated carbocycles. The summed E-state index contributed by atoms with van der Waals surface area (Å²) >= 11 is 0. The van der Waals surface area contributed by atoms with Crippen LogP contribution in [0, 0.1) is 10.1 Å². The summed E-state index contributed by atoms with van der Waals surface area (Å²) in [6.07, 6.45) is 4.56. The molecule has 4 rings (SSSR count). The van der Waals surface area contributed by atoms with Gasteiger partial charge in [-0.05, 0) is 30.0 Å². The largest absolute Gasteiger partial charge is 0.350 e. The molecular weight excluding hydrogens is 354 g/mol. The summed E-state index contributed by atoms with van der Waals surface area (Å²) in [5.74, 6) is 0.00814. The zero-order valence-electron chi connectivity index (χ0n) is 15.9. The van der Waals surface area contributed by atoms with Crippen molar-refractivity contribution in [2.24, 2.45) is 7.05 Å². The van der Waals surface area contributed by atoms with Crippen LogP contribution in [-0.4, -0.2) is 33.4 Å². The first-order valence-electron chi connectivity index (χ1n) is 9.60. The van der Waals surface area contributed by atoms with Gasteiger partial charge in [-0.15, -0.1) is 0 Å². The fourth-order valence-electron chi connectivity index (χ4n) is 4.16. The lowest BCUT2D eigenvalue weighted by Gasteiger charge is -2.21. The first kappa shape index (κ1) is 18.2. The lowest BCUT2D eigenvalue weighted by molar-refractivity contribution is -0.384. The normalized spacial score (nSPS) is 15.1. The summed E-state index contributed by atoms with van der Waals surface area (Å²) in [5.41, 5.74) is 3.18. The third kappa shape index (κ3) is 3.38. The van der Waals surface area contributed by atoms with Crippen LogP contribution in [0.15, 0.2) is 54.7 Å². The third-order valence-corrected chi connectivity index (χ3v) is 5.65. The van der Waals surface area contributed by atoms with Gasteiger partial charge in [0, 0.05) is 61.7 Å². The Morgan fingerprint density at radius 2 is 1.79 bits per heavy atom. The quantitative estimate of drug-likeness (QED) is 0.493. The Morgan fingerprint density at radius 3 is 2.46 bits per heavy atom. The van der Waals surface area contributed by atoms with Crippen LogP contribution in [0.2, 0.25) is 0 Å². The predicted octanol–water partition coefficient (Wildman–Crippen LogP) is 4.23. The number of amides is 1. The number of rotatable bonds is 5. The maximum atomic E-state index is 12.9. The fraction of sp³-hybridized carbons (Fsp3) is 0.318. The summed E-state index contributed by atoms with van der Waals surface area (Å²) in [7, 11) is 2.00. The second kappa shape index (κ2) is 7.46. The molecule has 1 aromatic heterocycles. The molecule has 0 radical (unpaired) electrons. The van der Waals surface area contributed by atoms with Gasteiger partial charge in [0.05, 0.1) is 4.92 Å². The van der Waals surface area contributed by atoms with Crippen molar-refractivity contribution in [1.82, 2.24) is 9.47 Å². The number of nitro groups is 1. The zero-order valence-corrected chi connectivity index (χ0v) is 15.9. The number of carbonyl (C=O) groups is 1. The van der Waals surface area contributed by atoms with Crippen molar-refractivity contribution in [3.05, 3.63) is 76.0 Å². The van der Waals surface area contributed by atoms with Crippen molar-refractivity contribution < 1.29 is 9.72 Å². The van der Waals surface area contributed by atoms with Gasteiger partial charge >= 0.3 is 0 Å². The van der Waals surface area contributed by atoms with Crippen LogP contribution in [0.1, 0.15) is 36.3 Å². The molecule has 1 saturated heterocycles. The Balaban J connectivity index is 1.76. The molecule has 1 amide bonds. The number of hydrogen-bond acceptors (Lipinski definition) is 3. The fourth-order valence-corrected chi connectivity index (χ4v) is 4.16. The van der Waals surface area contributed by atoms with E-state index in [1.165, 1.54) is 12.1 Å². The van der Waals surface area contributed by atoms with Crippen molar-refractivity contribution in [2.75, 3.05) is 13.1 Å². The number of hydrogen-bond donors (Lipinski definition) is 0. The number of aromatic nitrogens is 1. The minimum Gasteiger partial charge on any atom is -0.350 e. The van der Waals surface area contributed by atoms with Gasteiger partial charge in [-0.1, -0.05) is 30.3 Å². The van der Waals surface area contributed by atoms with Gasteiger partial charge in [-0.25, -0.2) is 0 Å². The van der Waals surface area contributed by atoms with Crippen molar-refractivity contribution in [2.45, 2.75) is 25.2 Å². The average molecular weight is 377 g/mol. The van der Waals surface area contributed by atoms with E-state index >= 15 is 0 Å². The maximum Gasteiger partial charge on any atom is 0.269 e. The molecule has 2 aromatic carbocycles. The molecular formula is C22H23N3O3. The summed E-state index contributed by atoms with van der Waals surface area (Å²) in [6.45, 7) is 1.64. The van der Waals surface area contributed by atoms with Crippen molar-refractivity contribution in [1.29, 1.82) is 0 Å². The summed E-state index contributed by atoms with van der Waals surface area (Å²) in [4.78, 5) is 25.5. The van der Waals surface area contributed by atoms with E-state index in [9.17, 15) is 14.9 Å². The number of para-hydroxylation sites is 1. The Bertz CT molecular complexity index is 1020. The molecule has 0 spiro atoms. The monoisotopic (exact) mass is 377 g/mol. The van der Waals surface area contributed by atoms with Crippen molar-refractivity contribution in [3.63, 3.8) is 0 Å². The Hall–Kier alpha value is -3.15. The van der Waals surface area contributed by atoms with E-state index in [1.54, 1.807) is 12.1 Å². The van der Waals surface area contributed by atoms with E-state index in [2.05, 4.69) is 22.9 Å². The minimum atomic E-state index is -0.397. The summed E-state index contributed by atoms with van der Waals surface area (Å²) < 4.78 is 2.07. The summed E-state index contributed by atoms with van der Waals surface area (Å²) in [5, 5.41) is 12.1. The van der Waals surface area contributed by atoms with E-state index < -0.39 is 4.92 Å². The van der Waals surface area contributed by atoms with Crippen molar-refractivity contribution in [3.8, 4) is 0 Å². The smallest absolute Gasteiger partial charge is 0.269 e. The average Bonchev–Trinajstić information content (AvgIpc) is 3.35. The van der Waals surface area contributed by atoms with Crippen LogP contribution in [0.4, 0.5) is 5.69 Å². The first-order valence-corrected chi connectivity index (χ1v) is 9.60. The van der Waals surface area contributed by atoms with Gasteiger partial charge in [0.15, 0.2) is 0 Å². The molecule has 3 aromatic rings. The molecule has 0 aliphatic carbocycles. The number of likely N-dealkylation sites (tertiary alicyclic amines) is 1. The topological polar surface area (TPSA) is 68.4 Å². The standard InChI is InChI=1S/C22H23N3O3/c1-23-15-20(18-6-2-3-7-21(18)23)19(14-22(26)24-12-4-5-13-24)16-8-10-17(11-9-16)25(27)28/h2-3,6-11,15,19H,4-5,12-14H2,1H3/t19-/m1/s1. The van der Waals surface area contributed by atoms with E-state index in [0.29, 0.717) is 6.42 Å². The van der Waals surface area contributed by atoms with E-state index in [-0.39, 0.29) is 17.5 Å². The molecule has 1 aliphatic rings. The predicted molar refractivity (Wildman–Crippen MR) is 108 cm³/mol. The van der Waals surface area contributed by atoms with E-state index in [1.807, 2.05) is 24.1 Å². The van der Waals surface area contributed by atoms with Crippen LogP contribution >= 0.6 is 0 Å². The summed E-state index contributed by atoms with van der Waals surface area (Å²) in [6, 6.07) is 14.7. The molecule has 0 N–H and O–H groups in total. The number of nitrogens with zero attached hydrogens (tertiary/aromatic N) is 3. The molecule has 6 heteroatoms. The highest BCUT2D eigenvalue weighted by atomic mass is 16.6. The van der Waals surface area contributed by atoms with Gasteiger partial charge in [-0.2, -0.15) is 0 Å². The Labute approximate surface area is 163 Å². The molecule has 1 fully saturated rings. The van der Waals surface area contributed by atoms with Gasteiger partial charge in [0.25, 0.3) is 5.69 Å². The maximum absolute atomic E-state index is 12.9. The minimum absolute atomic E-state index is 0.0614. The molecule has 2 heterocycles. The number of aryl methyl sites for hydroxylation is 1. The lowest BCUT2D eigenvalue weighted by Crippen LogP contribution is -2.29. The molecule has 6 nitrogen and oxygen atoms in total. The van der Waals surface area contributed by atoms with Gasteiger partial charge in [-0.3, -0.25) is 14.9 Å². The van der Waals surface area contributed by atoms with Crippen LogP contribution in [0.5, 0.6) is 0 Å². The zero-order chi connectivity index (χ0) is 19.7. The molecule has 1 atom stereocenters. The van der Waals surface area contributed by atoms with Crippen LogP contribution in [0.3, 0.4) is 0 Å². The van der Waals surface area contributed by atoms with Gasteiger partial charge in [0.1, 0.15) is 0 Å². The van der Waals surface area contributed by atoms with Gasteiger partial charge < -0.3 is 9.47 Å². The van der Waals surface area contributed by atoms with Gasteiger partial charge in [0.2, 0.25) is 5.91 Å². The molecule has 28 heavy (non-hydrogen) atoms. The second-order valence-electron chi connectivity index (χ2n) is 7.41. The number of fused-ring (bicyclic) bond motifs is 1. The van der Waals surface area contributed by atoms with E-state index in [4.69, 9.17) is 0 Å². The highest BCUT2D eigenvalue weighted by Gasteiger charge is 2.26. The van der Waals surface area contributed by atoms with Crippen LogP contribution < -0.4 is 0 Å². The highest BCUT2D eigenvalue weighted by Crippen LogP contribution is 2.35. The van der Waals surface area contributed by atoms with Crippen molar-refractivity contribution >= 4 is 22.5 Å². The van der Waals surface area contributed by atoms with E-state index in [0.717, 1.165) is 48.0 Å². The third-order valence-electron chi connectivity index (χ3n) is 5.65. The van der Waals surface area contributed by atoms with Crippen LogP contribution in [0.25, 0.3) is 10.9 Å². The Kier molecular flexibility index (Phi) is 4.86. The highest BCUT2D eigenvalue weighted by molar-refractivity contribution is 5.86.